The van der Waals surface area contributed by atoms with Crippen molar-refractivity contribution < 1.29 is 13.7 Å². The van der Waals surface area contributed by atoms with E-state index < -0.39 is 0 Å². The van der Waals surface area contributed by atoms with Gasteiger partial charge in [-0.25, -0.2) is 4.39 Å². The smallest absolute Gasteiger partial charge is 0.240 e. The predicted molar refractivity (Wildman–Crippen MR) is 68.0 cm³/mol. The van der Waals surface area contributed by atoms with Crippen LogP contribution in [0.15, 0.2) is 22.7 Å². The summed E-state index contributed by atoms with van der Waals surface area (Å²) in [7, 11) is 1.64. The second-order valence-corrected chi connectivity index (χ2v) is 4.14. The van der Waals surface area contributed by atoms with E-state index in [2.05, 4.69) is 15.5 Å². The molecule has 0 aliphatic heterocycles. The first-order chi connectivity index (χ1) is 9.20. The molecule has 1 aromatic heterocycles. The Hall–Kier alpha value is -1.79. The molecule has 0 bridgehead atoms. The van der Waals surface area contributed by atoms with Crippen LogP contribution < -0.4 is 5.32 Å². The Kier molecular flexibility index (Phi) is 4.59. The number of hydrogen-bond acceptors (Lipinski definition) is 5. The van der Waals surface area contributed by atoms with E-state index in [1.807, 2.05) is 6.92 Å². The molecule has 0 aliphatic carbocycles. The molecule has 0 atom stereocenters. The average Bonchev–Trinajstić information content (AvgIpc) is 2.86. The topological polar surface area (TPSA) is 60.2 Å². The highest BCUT2D eigenvalue weighted by Gasteiger charge is 2.11. The monoisotopic (exact) mass is 265 g/mol. The van der Waals surface area contributed by atoms with Crippen LogP contribution in [0.25, 0.3) is 11.4 Å². The summed E-state index contributed by atoms with van der Waals surface area (Å²) in [5, 5.41) is 6.96. The van der Waals surface area contributed by atoms with Gasteiger partial charge in [-0.2, -0.15) is 4.98 Å². The summed E-state index contributed by atoms with van der Waals surface area (Å²) < 4.78 is 23.2. The standard InChI is InChI=1S/C13H16FN3O2/c1-9-3-4-10(14)7-11(9)13-16-12(19-17-13)8-15-5-6-18-2/h3-4,7,15H,5-6,8H2,1-2H3. The number of nitrogens with one attached hydrogen (secondary N) is 1. The fourth-order valence-electron chi connectivity index (χ4n) is 1.64. The number of benzene rings is 1. The quantitative estimate of drug-likeness (QED) is 0.809. The molecule has 1 heterocycles. The molecular formula is C13H16FN3O2. The third-order valence-corrected chi connectivity index (χ3v) is 2.67. The van der Waals surface area contributed by atoms with Crippen LogP contribution in [0.1, 0.15) is 11.5 Å². The van der Waals surface area contributed by atoms with Crippen molar-refractivity contribution in [1.82, 2.24) is 15.5 Å². The lowest BCUT2D eigenvalue weighted by molar-refractivity contribution is 0.197. The minimum atomic E-state index is -0.315. The van der Waals surface area contributed by atoms with Gasteiger partial charge in [0.15, 0.2) is 0 Å². The lowest BCUT2D eigenvalue weighted by Crippen LogP contribution is -2.18. The maximum absolute atomic E-state index is 13.2. The van der Waals surface area contributed by atoms with Gasteiger partial charge in [-0.15, -0.1) is 0 Å². The summed E-state index contributed by atoms with van der Waals surface area (Å²) in [6.07, 6.45) is 0. The Morgan fingerprint density at radius 2 is 2.26 bits per heavy atom. The Morgan fingerprint density at radius 1 is 1.42 bits per heavy atom. The molecule has 0 fully saturated rings. The lowest BCUT2D eigenvalue weighted by Gasteiger charge is -2.00. The van der Waals surface area contributed by atoms with E-state index in [1.165, 1.54) is 12.1 Å². The van der Waals surface area contributed by atoms with Crippen molar-refractivity contribution >= 4 is 0 Å². The minimum absolute atomic E-state index is 0.315. The van der Waals surface area contributed by atoms with Crippen LogP contribution >= 0.6 is 0 Å². The van der Waals surface area contributed by atoms with Crippen molar-refractivity contribution in [1.29, 1.82) is 0 Å². The van der Waals surface area contributed by atoms with Crippen LogP contribution in [0, 0.1) is 12.7 Å². The number of aryl methyl sites for hydroxylation is 1. The number of ether oxygens (including phenoxy) is 1. The van der Waals surface area contributed by atoms with E-state index in [9.17, 15) is 4.39 Å². The molecule has 0 aliphatic rings. The van der Waals surface area contributed by atoms with Crippen molar-refractivity contribution in [3.63, 3.8) is 0 Å². The average molecular weight is 265 g/mol. The van der Waals surface area contributed by atoms with Crippen molar-refractivity contribution in [2.24, 2.45) is 0 Å². The molecule has 0 spiro atoms. The Morgan fingerprint density at radius 3 is 3.05 bits per heavy atom. The number of aromatic nitrogens is 2. The zero-order chi connectivity index (χ0) is 13.7. The largest absolute Gasteiger partial charge is 0.383 e. The van der Waals surface area contributed by atoms with Crippen LogP contribution in [0.3, 0.4) is 0 Å². The summed E-state index contributed by atoms with van der Waals surface area (Å²) in [6.45, 7) is 3.66. The first-order valence-corrected chi connectivity index (χ1v) is 5.99. The van der Waals surface area contributed by atoms with Gasteiger partial charge in [0.1, 0.15) is 5.82 Å². The summed E-state index contributed by atoms with van der Waals surface area (Å²) in [4.78, 5) is 4.23. The van der Waals surface area contributed by atoms with Gasteiger partial charge in [0, 0.05) is 19.2 Å². The van der Waals surface area contributed by atoms with E-state index in [0.717, 1.165) is 5.56 Å². The molecular weight excluding hydrogens is 249 g/mol. The molecule has 1 N–H and O–H groups in total. The van der Waals surface area contributed by atoms with Gasteiger partial charge in [0.2, 0.25) is 11.7 Å². The van der Waals surface area contributed by atoms with Crippen LogP contribution in [-0.4, -0.2) is 30.4 Å². The van der Waals surface area contributed by atoms with Gasteiger partial charge in [-0.1, -0.05) is 11.2 Å². The van der Waals surface area contributed by atoms with Gasteiger partial charge in [0.05, 0.1) is 13.2 Å². The summed E-state index contributed by atoms with van der Waals surface area (Å²) in [5.41, 5.74) is 1.55. The number of methoxy groups -OCH3 is 1. The Labute approximate surface area is 110 Å². The molecule has 1 aromatic carbocycles. The zero-order valence-electron chi connectivity index (χ0n) is 10.9. The molecule has 0 unspecified atom stereocenters. The normalized spacial score (nSPS) is 10.9. The molecule has 0 radical (unpaired) electrons. The Bertz CT molecular complexity index is 542. The SMILES string of the molecule is COCCNCc1nc(-c2cc(F)ccc2C)no1. The van der Waals surface area contributed by atoms with Gasteiger partial charge in [-0.3, -0.25) is 0 Å². The van der Waals surface area contributed by atoms with Gasteiger partial charge < -0.3 is 14.6 Å². The third-order valence-electron chi connectivity index (χ3n) is 2.67. The highest BCUT2D eigenvalue weighted by Crippen LogP contribution is 2.21. The van der Waals surface area contributed by atoms with E-state index in [1.54, 1.807) is 13.2 Å². The molecule has 0 saturated carbocycles. The molecule has 0 amide bonds. The fourth-order valence-corrected chi connectivity index (χ4v) is 1.64. The molecule has 102 valence electrons. The maximum Gasteiger partial charge on any atom is 0.240 e. The van der Waals surface area contributed by atoms with E-state index in [0.29, 0.717) is 37.0 Å². The van der Waals surface area contributed by atoms with Crippen LogP contribution in [0.5, 0.6) is 0 Å². The second-order valence-electron chi connectivity index (χ2n) is 4.14. The molecule has 0 saturated heterocycles. The second kappa shape index (κ2) is 6.40. The number of nitrogens with zero attached hydrogens (tertiary/aromatic N) is 2. The third kappa shape index (κ3) is 3.59. The van der Waals surface area contributed by atoms with Gasteiger partial charge >= 0.3 is 0 Å². The summed E-state index contributed by atoms with van der Waals surface area (Å²) in [5.74, 6) is 0.556. The Balaban J connectivity index is 2.06. The van der Waals surface area contributed by atoms with E-state index in [4.69, 9.17) is 9.26 Å². The summed E-state index contributed by atoms with van der Waals surface area (Å²) >= 11 is 0. The molecule has 2 aromatic rings. The zero-order valence-corrected chi connectivity index (χ0v) is 10.9. The summed E-state index contributed by atoms with van der Waals surface area (Å²) in [6, 6.07) is 4.51. The van der Waals surface area contributed by atoms with Crippen molar-refractivity contribution in [3.8, 4) is 11.4 Å². The van der Waals surface area contributed by atoms with Crippen molar-refractivity contribution in [3.05, 3.63) is 35.5 Å². The van der Waals surface area contributed by atoms with Crippen molar-refractivity contribution in [2.75, 3.05) is 20.3 Å². The number of hydrogen-bond donors (Lipinski definition) is 1. The van der Waals surface area contributed by atoms with Crippen LogP contribution in [0.4, 0.5) is 4.39 Å². The lowest BCUT2D eigenvalue weighted by atomic mass is 10.1. The minimum Gasteiger partial charge on any atom is -0.383 e. The maximum atomic E-state index is 13.2. The molecule has 2 rings (SSSR count). The highest BCUT2D eigenvalue weighted by molar-refractivity contribution is 5.59. The van der Waals surface area contributed by atoms with Crippen molar-refractivity contribution in [2.45, 2.75) is 13.5 Å². The molecule has 19 heavy (non-hydrogen) atoms. The number of rotatable bonds is 6. The van der Waals surface area contributed by atoms with Crippen LogP contribution in [0.2, 0.25) is 0 Å². The van der Waals surface area contributed by atoms with E-state index >= 15 is 0 Å². The molecule has 6 heteroatoms. The van der Waals surface area contributed by atoms with Crippen LogP contribution in [-0.2, 0) is 11.3 Å². The first kappa shape index (κ1) is 13.6. The van der Waals surface area contributed by atoms with Gasteiger partial charge in [0.25, 0.3) is 0 Å². The highest BCUT2D eigenvalue weighted by atomic mass is 19.1. The first-order valence-electron chi connectivity index (χ1n) is 5.99. The fraction of sp³-hybridized carbons (Fsp3) is 0.385. The van der Waals surface area contributed by atoms with Gasteiger partial charge in [-0.05, 0) is 24.6 Å². The van der Waals surface area contributed by atoms with E-state index in [-0.39, 0.29) is 5.82 Å². The molecule has 5 nitrogen and oxygen atoms in total. The predicted octanol–water partition coefficient (Wildman–Crippen LogP) is 1.92. The number of halogens is 1.